The van der Waals surface area contributed by atoms with Crippen LogP contribution in [0.2, 0.25) is 0 Å². The van der Waals surface area contributed by atoms with Crippen LogP contribution in [0.5, 0.6) is 0 Å². The lowest BCUT2D eigenvalue weighted by molar-refractivity contribution is -0.0543. The molecular formula is C15H30O2. The topological polar surface area (TPSA) is 25.1 Å². The summed E-state index contributed by atoms with van der Waals surface area (Å²) in [5.74, 6) is 0.590. The summed E-state index contributed by atoms with van der Waals surface area (Å²) in [4.78, 5) is 10.4. The van der Waals surface area contributed by atoms with Crippen LogP contribution in [-0.2, 0) is 9.78 Å². The fourth-order valence-electron chi connectivity index (χ4n) is 3.19. The van der Waals surface area contributed by atoms with E-state index in [1.165, 1.54) is 12.8 Å². The van der Waals surface area contributed by atoms with Crippen molar-refractivity contribution < 1.29 is 9.78 Å². The van der Waals surface area contributed by atoms with E-state index >= 15 is 0 Å². The van der Waals surface area contributed by atoms with Crippen molar-refractivity contribution in [2.75, 3.05) is 0 Å². The summed E-state index contributed by atoms with van der Waals surface area (Å²) in [6, 6.07) is 0. The molecule has 1 rings (SSSR count). The summed E-state index contributed by atoms with van der Waals surface area (Å²) in [6.07, 6.45) is 2.40. The summed E-state index contributed by atoms with van der Waals surface area (Å²) in [5.41, 5.74) is 0.496. The van der Waals surface area contributed by atoms with E-state index in [1.807, 2.05) is 0 Å². The lowest BCUT2D eigenvalue weighted by atomic mass is 9.53. The molecule has 2 unspecified atom stereocenters. The molecule has 17 heavy (non-hydrogen) atoms. The molecule has 0 spiro atoms. The highest BCUT2D eigenvalue weighted by atomic mass is 17.4. The van der Waals surface area contributed by atoms with Gasteiger partial charge in [-0.15, -0.1) is 0 Å². The first-order valence-corrected chi connectivity index (χ1v) is 6.87. The van der Waals surface area contributed by atoms with Gasteiger partial charge in [0.25, 0.3) is 0 Å². The normalized spacial score (nSPS) is 23.3. The highest BCUT2D eigenvalue weighted by Gasteiger charge is 2.59. The van der Waals surface area contributed by atoms with Gasteiger partial charge < -0.3 is 0 Å². The lowest BCUT2D eigenvalue weighted by Crippen LogP contribution is -2.49. The molecule has 1 saturated heterocycles. The zero-order valence-corrected chi connectivity index (χ0v) is 12.9. The number of hydrogen-bond donors (Lipinski definition) is 0. The van der Waals surface area contributed by atoms with E-state index in [9.17, 15) is 0 Å². The van der Waals surface area contributed by atoms with Crippen LogP contribution in [0.15, 0.2) is 0 Å². The smallest absolute Gasteiger partial charge is 0.198 e. The van der Waals surface area contributed by atoms with Crippen molar-refractivity contribution in [2.24, 2.45) is 22.2 Å². The van der Waals surface area contributed by atoms with Gasteiger partial charge >= 0.3 is 0 Å². The van der Waals surface area contributed by atoms with Crippen molar-refractivity contribution in [3.05, 3.63) is 0 Å². The molecule has 0 aromatic heterocycles. The van der Waals surface area contributed by atoms with Gasteiger partial charge in [0, 0.05) is 5.41 Å². The molecule has 1 heterocycles. The van der Waals surface area contributed by atoms with E-state index in [2.05, 4.69) is 55.4 Å². The Balaban J connectivity index is 3.10. The molecule has 2 nitrogen and oxygen atoms in total. The first-order chi connectivity index (χ1) is 7.55. The molecule has 0 saturated carbocycles. The zero-order valence-electron chi connectivity index (χ0n) is 12.9. The van der Waals surface area contributed by atoms with Gasteiger partial charge in [0.15, 0.2) is 0 Å². The third-order valence-electron chi connectivity index (χ3n) is 4.64. The molecule has 1 aliphatic rings. The maximum absolute atomic E-state index is 5.22. The summed E-state index contributed by atoms with van der Waals surface area (Å²) in [7, 11) is 0. The van der Waals surface area contributed by atoms with E-state index in [-0.39, 0.29) is 22.5 Å². The number of rotatable bonds is 4. The van der Waals surface area contributed by atoms with Crippen LogP contribution in [0.25, 0.3) is 0 Å². The largest absolute Gasteiger partial charge is 0.230 e. The van der Waals surface area contributed by atoms with Crippen LogP contribution in [0, 0.1) is 22.2 Å². The van der Waals surface area contributed by atoms with E-state index in [0.29, 0.717) is 5.92 Å². The van der Waals surface area contributed by atoms with E-state index in [1.54, 1.807) is 0 Å². The molecular weight excluding hydrogens is 212 g/mol. The monoisotopic (exact) mass is 242 g/mol. The molecule has 0 aromatic rings. The Morgan fingerprint density at radius 1 is 0.941 bits per heavy atom. The molecule has 0 aromatic carbocycles. The van der Waals surface area contributed by atoms with Crippen LogP contribution in [0.1, 0.15) is 68.2 Å². The zero-order chi connectivity index (χ0) is 13.5. The van der Waals surface area contributed by atoms with Crippen LogP contribution >= 0.6 is 0 Å². The van der Waals surface area contributed by atoms with Gasteiger partial charge in [-0.25, -0.2) is 0 Å². The summed E-state index contributed by atoms with van der Waals surface area (Å²) >= 11 is 0. The second-order valence-corrected chi connectivity index (χ2v) is 7.76. The van der Waals surface area contributed by atoms with Gasteiger partial charge in [-0.2, -0.15) is 9.78 Å². The number of hydrogen-bond acceptors (Lipinski definition) is 2. The maximum atomic E-state index is 5.22. The molecule has 2 atom stereocenters. The highest BCUT2D eigenvalue weighted by molar-refractivity contribution is 4.99. The Labute approximate surface area is 107 Å². The highest BCUT2D eigenvalue weighted by Crippen LogP contribution is 2.58. The fraction of sp³-hybridized carbons (Fsp3) is 1.00. The average Bonchev–Trinajstić information content (AvgIpc) is 2.92. The average molecular weight is 242 g/mol. The van der Waals surface area contributed by atoms with E-state index in [4.69, 9.17) is 9.78 Å². The Bertz CT molecular complexity index is 255. The molecule has 2 heteroatoms. The van der Waals surface area contributed by atoms with Crippen molar-refractivity contribution in [2.45, 2.75) is 74.5 Å². The summed E-state index contributed by atoms with van der Waals surface area (Å²) < 4.78 is 0. The first kappa shape index (κ1) is 15.0. The van der Waals surface area contributed by atoms with Crippen molar-refractivity contribution in [3.63, 3.8) is 0 Å². The minimum atomic E-state index is -0.0294. The lowest BCUT2D eigenvalue weighted by Gasteiger charge is -2.50. The van der Waals surface area contributed by atoms with Gasteiger partial charge in [-0.05, 0) is 23.2 Å². The first-order valence-electron chi connectivity index (χ1n) is 6.87. The molecule has 1 fully saturated rings. The van der Waals surface area contributed by atoms with Crippen LogP contribution < -0.4 is 0 Å². The van der Waals surface area contributed by atoms with Gasteiger partial charge in [0.05, 0.1) is 0 Å². The maximum Gasteiger partial charge on any atom is 0.230 e. The Morgan fingerprint density at radius 3 is 1.65 bits per heavy atom. The Kier molecular flexibility index (Phi) is 4.01. The van der Waals surface area contributed by atoms with Crippen molar-refractivity contribution >= 4 is 0 Å². The Morgan fingerprint density at radius 2 is 1.41 bits per heavy atom. The SMILES string of the molecule is CCCC(C(C)(C)C)C(C)(C1OO1)C(C)(C)C. The summed E-state index contributed by atoms with van der Waals surface area (Å²) in [6.45, 7) is 18.5. The van der Waals surface area contributed by atoms with Crippen LogP contribution in [-0.4, -0.2) is 6.29 Å². The van der Waals surface area contributed by atoms with Gasteiger partial charge in [0.1, 0.15) is 0 Å². The standard InChI is InChI=1S/C15H30O2/c1-9-10-11(13(2,3)4)15(8,12-16-17-12)14(5,6)7/h11-12H,9-10H2,1-8H3. The summed E-state index contributed by atoms with van der Waals surface area (Å²) in [5, 5.41) is 0. The third-order valence-corrected chi connectivity index (χ3v) is 4.64. The molecule has 102 valence electrons. The molecule has 0 radical (unpaired) electrons. The van der Waals surface area contributed by atoms with Gasteiger partial charge in [0.2, 0.25) is 6.29 Å². The van der Waals surface area contributed by atoms with Gasteiger partial charge in [-0.1, -0.05) is 61.8 Å². The van der Waals surface area contributed by atoms with Crippen LogP contribution in [0.4, 0.5) is 0 Å². The van der Waals surface area contributed by atoms with Crippen molar-refractivity contribution in [3.8, 4) is 0 Å². The molecule has 0 bridgehead atoms. The van der Waals surface area contributed by atoms with E-state index < -0.39 is 0 Å². The third kappa shape index (κ3) is 2.85. The predicted molar refractivity (Wildman–Crippen MR) is 71.4 cm³/mol. The van der Waals surface area contributed by atoms with E-state index in [0.717, 1.165) is 0 Å². The minimum absolute atomic E-state index is 0.0294. The molecule has 0 aliphatic carbocycles. The molecule has 0 amide bonds. The Hall–Kier alpha value is -0.0800. The van der Waals surface area contributed by atoms with Gasteiger partial charge in [-0.3, -0.25) is 0 Å². The quantitative estimate of drug-likeness (QED) is 0.523. The van der Waals surface area contributed by atoms with Crippen molar-refractivity contribution in [1.29, 1.82) is 0 Å². The molecule has 1 aliphatic heterocycles. The van der Waals surface area contributed by atoms with Crippen LogP contribution in [0.3, 0.4) is 0 Å². The second-order valence-electron chi connectivity index (χ2n) is 7.76. The molecule has 0 N–H and O–H groups in total. The minimum Gasteiger partial charge on any atom is -0.198 e. The fourth-order valence-corrected chi connectivity index (χ4v) is 3.19. The predicted octanol–water partition coefficient (Wildman–Crippen LogP) is 4.79. The second kappa shape index (κ2) is 4.55. The van der Waals surface area contributed by atoms with Crippen molar-refractivity contribution in [1.82, 2.24) is 0 Å².